The number of hydrogen-bond acceptors (Lipinski definition) is 3. The number of anilines is 1. The maximum atomic E-state index is 12.1. The molecule has 4 nitrogen and oxygen atoms in total. The fourth-order valence-corrected chi connectivity index (χ4v) is 2.57. The highest BCUT2D eigenvalue weighted by atomic mass is 35.5. The topological polar surface area (TPSA) is 75.4 Å². The number of nitrogen functional groups attached to an aromatic ring is 1. The first kappa shape index (κ1) is 13.2. The van der Waals surface area contributed by atoms with E-state index in [0.29, 0.717) is 10.7 Å². The molecule has 1 aromatic rings. The molecule has 0 radical (unpaired) electrons. The molecule has 1 aliphatic carbocycles. The lowest BCUT2D eigenvalue weighted by atomic mass is 9.92. The summed E-state index contributed by atoms with van der Waals surface area (Å²) >= 11 is 5.98. The molecule has 2 atom stereocenters. The normalized spacial score (nSPS) is 23.7. The van der Waals surface area contributed by atoms with Gasteiger partial charge in [0.1, 0.15) is 0 Å². The molecule has 1 saturated carbocycles. The summed E-state index contributed by atoms with van der Waals surface area (Å²) in [5.74, 6) is -0.316. The molecule has 4 N–H and O–H groups in total. The molecule has 1 fully saturated rings. The lowest BCUT2D eigenvalue weighted by molar-refractivity contribution is 0.0718. The Morgan fingerprint density at radius 3 is 2.78 bits per heavy atom. The van der Waals surface area contributed by atoms with Crippen LogP contribution >= 0.6 is 11.6 Å². The van der Waals surface area contributed by atoms with Crippen LogP contribution in [0.2, 0.25) is 5.02 Å². The Labute approximate surface area is 111 Å². The molecule has 1 aliphatic rings. The maximum Gasteiger partial charge on any atom is 0.255 e. The van der Waals surface area contributed by atoms with Crippen molar-refractivity contribution in [2.45, 2.75) is 37.8 Å². The fraction of sp³-hybridized carbons (Fsp3) is 0.462. The molecule has 98 valence electrons. The van der Waals surface area contributed by atoms with E-state index in [9.17, 15) is 9.90 Å². The maximum absolute atomic E-state index is 12.1. The molecule has 0 aliphatic heterocycles. The zero-order valence-corrected chi connectivity index (χ0v) is 10.8. The van der Waals surface area contributed by atoms with Gasteiger partial charge in [-0.2, -0.15) is 0 Å². The third kappa shape index (κ3) is 2.76. The highest BCUT2D eigenvalue weighted by Crippen LogP contribution is 2.23. The van der Waals surface area contributed by atoms with Crippen molar-refractivity contribution < 1.29 is 9.90 Å². The van der Waals surface area contributed by atoms with E-state index in [1.54, 1.807) is 18.2 Å². The van der Waals surface area contributed by atoms with Gasteiger partial charge in [-0.05, 0) is 25.0 Å². The summed E-state index contributed by atoms with van der Waals surface area (Å²) in [6.45, 7) is 0. The zero-order valence-electron chi connectivity index (χ0n) is 10.0. The van der Waals surface area contributed by atoms with Crippen LogP contribution in [-0.2, 0) is 0 Å². The van der Waals surface area contributed by atoms with Gasteiger partial charge in [-0.25, -0.2) is 0 Å². The summed E-state index contributed by atoms with van der Waals surface area (Å²) in [5, 5.41) is 13.0. The van der Waals surface area contributed by atoms with E-state index < -0.39 is 6.10 Å². The van der Waals surface area contributed by atoms with E-state index in [1.165, 1.54) is 0 Å². The minimum Gasteiger partial charge on any atom is -0.398 e. The molecule has 0 spiro atoms. The van der Waals surface area contributed by atoms with Gasteiger partial charge in [0.05, 0.1) is 22.7 Å². The minimum absolute atomic E-state index is 0.207. The number of benzene rings is 1. The first-order valence-corrected chi connectivity index (χ1v) is 6.50. The lowest BCUT2D eigenvalue weighted by Gasteiger charge is -2.28. The molecule has 1 aromatic carbocycles. The summed E-state index contributed by atoms with van der Waals surface area (Å²) in [6, 6.07) is 4.76. The summed E-state index contributed by atoms with van der Waals surface area (Å²) in [4.78, 5) is 12.1. The standard InChI is InChI=1S/C13H17ClN2O2/c14-8-4-3-5-9(15)12(8)13(18)16-10-6-1-2-7-11(10)17/h3-5,10-11,17H,1-2,6-7,15H2,(H,16,18). The van der Waals surface area contributed by atoms with Crippen LogP contribution in [0.3, 0.4) is 0 Å². The third-order valence-corrected chi connectivity index (χ3v) is 3.63. The van der Waals surface area contributed by atoms with E-state index in [-0.39, 0.29) is 17.5 Å². The van der Waals surface area contributed by atoms with Crippen LogP contribution in [0.15, 0.2) is 18.2 Å². The van der Waals surface area contributed by atoms with Gasteiger partial charge >= 0.3 is 0 Å². The molecular weight excluding hydrogens is 252 g/mol. The van der Waals surface area contributed by atoms with Gasteiger partial charge in [0.15, 0.2) is 0 Å². The van der Waals surface area contributed by atoms with Crippen LogP contribution in [0.1, 0.15) is 36.0 Å². The summed E-state index contributed by atoms with van der Waals surface area (Å²) in [5.41, 5.74) is 6.40. The van der Waals surface area contributed by atoms with E-state index >= 15 is 0 Å². The van der Waals surface area contributed by atoms with Gasteiger partial charge in [-0.1, -0.05) is 30.5 Å². The quantitative estimate of drug-likeness (QED) is 0.718. The second-order valence-corrected chi connectivity index (χ2v) is 5.04. The number of aliphatic hydroxyl groups is 1. The number of nitrogens with two attached hydrogens (primary N) is 1. The van der Waals surface area contributed by atoms with Crippen LogP contribution in [0, 0.1) is 0 Å². The number of halogens is 1. The minimum atomic E-state index is -0.480. The van der Waals surface area contributed by atoms with E-state index in [4.69, 9.17) is 17.3 Å². The van der Waals surface area contributed by atoms with E-state index in [2.05, 4.69) is 5.32 Å². The highest BCUT2D eigenvalue weighted by molar-refractivity contribution is 6.34. The fourth-order valence-electron chi connectivity index (χ4n) is 2.30. The molecule has 1 amide bonds. The van der Waals surface area contributed by atoms with Crippen LogP contribution < -0.4 is 11.1 Å². The van der Waals surface area contributed by atoms with Gasteiger partial charge in [-0.15, -0.1) is 0 Å². The second-order valence-electron chi connectivity index (χ2n) is 4.64. The monoisotopic (exact) mass is 268 g/mol. The number of aliphatic hydroxyl groups excluding tert-OH is 1. The number of rotatable bonds is 2. The van der Waals surface area contributed by atoms with Crippen molar-refractivity contribution in [2.75, 3.05) is 5.73 Å². The molecule has 0 aromatic heterocycles. The Morgan fingerprint density at radius 1 is 1.39 bits per heavy atom. The first-order chi connectivity index (χ1) is 8.59. The Morgan fingerprint density at radius 2 is 2.11 bits per heavy atom. The summed E-state index contributed by atoms with van der Waals surface area (Å²) in [7, 11) is 0. The van der Waals surface area contributed by atoms with Gasteiger partial charge in [0.25, 0.3) is 5.91 Å². The number of carbonyl (C=O) groups excluding carboxylic acids is 1. The average molecular weight is 269 g/mol. The van der Waals surface area contributed by atoms with Crippen LogP contribution in [-0.4, -0.2) is 23.2 Å². The molecule has 2 rings (SSSR count). The summed E-state index contributed by atoms with van der Waals surface area (Å²) < 4.78 is 0. The number of carbonyl (C=O) groups is 1. The smallest absolute Gasteiger partial charge is 0.255 e. The molecular formula is C13H17ClN2O2. The van der Waals surface area contributed by atoms with E-state index in [0.717, 1.165) is 25.7 Å². The second kappa shape index (κ2) is 5.59. The van der Waals surface area contributed by atoms with Crippen molar-refractivity contribution in [1.82, 2.24) is 5.32 Å². The molecule has 2 unspecified atom stereocenters. The van der Waals surface area contributed by atoms with Gasteiger partial charge in [0, 0.05) is 5.69 Å². The average Bonchev–Trinajstić information content (AvgIpc) is 2.32. The molecule has 5 heteroatoms. The largest absolute Gasteiger partial charge is 0.398 e. The van der Waals surface area contributed by atoms with Crippen molar-refractivity contribution in [2.24, 2.45) is 0 Å². The third-order valence-electron chi connectivity index (χ3n) is 3.32. The van der Waals surface area contributed by atoms with Crippen LogP contribution in [0.5, 0.6) is 0 Å². The predicted octanol–water partition coefficient (Wildman–Crippen LogP) is 1.96. The van der Waals surface area contributed by atoms with Crippen molar-refractivity contribution in [3.8, 4) is 0 Å². The van der Waals surface area contributed by atoms with Gasteiger partial charge in [-0.3, -0.25) is 4.79 Å². The SMILES string of the molecule is Nc1cccc(Cl)c1C(=O)NC1CCCCC1O. The Hall–Kier alpha value is -1.26. The first-order valence-electron chi connectivity index (χ1n) is 6.12. The number of amides is 1. The summed E-state index contributed by atoms with van der Waals surface area (Å²) in [6.07, 6.45) is 3.05. The van der Waals surface area contributed by atoms with Crippen LogP contribution in [0.25, 0.3) is 0 Å². The predicted molar refractivity (Wildman–Crippen MR) is 71.6 cm³/mol. The van der Waals surface area contributed by atoms with Gasteiger partial charge < -0.3 is 16.2 Å². The Kier molecular flexibility index (Phi) is 4.09. The zero-order chi connectivity index (χ0) is 13.1. The number of hydrogen-bond donors (Lipinski definition) is 3. The molecule has 0 saturated heterocycles. The molecule has 0 bridgehead atoms. The lowest BCUT2D eigenvalue weighted by Crippen LogP contribution is -2.45. The van der Waals surface area contributed by atoms with Crippen molar-refractivity contribution >= 4 is 23.2 Å². The van der Waals surface area contributed by atoms with Crippen LogP contribution in [0.4, 0.5) is 5.69 Å². The van der Waals surface area contributed by atoms with Crippen molar-refractivity contribution in [3.63, 3.8) is 0 Å². The highest BCUT2D eigenvalue weighted by Gasteiger charge is 2.26. The van der Waals surface area contributed by atoms with Gasteiger partial charge in [0.2, 0.25) is 0 Å². The van der Waals surface area contributed by atoms with Crippen molar-refractivity contribution in [3.05, 3.63) is 28.8 Å². The van der Waals surface area contributed by atoms with Crippen molar-refractivity contribution in [1.29, 1.82) is 0 Å². The number of nitrogens with one attached hydrogen (secondary N) is 1. The molecule has 0 heterocycles. The molecule has 18 heavy (non-hydrogen) atoms. The Balaban J connectivity index is 2.12. The van der Waals surface area contributed by atoms with E-state index in [1.807, 2.05) is 0 Å². The Bertz CT molecular complexity index is 430.